The molecule has 0 fully saturated rings. The van der Waals surface area contributed by atoms with Crippen LogP contribution in [0.4, 0.5) is 11.4 Å². The molecule has 1 heterocycles. The molecule has 1 aliphatic rings. The lowest BCUT2D eigenvalue weighted by Crippen LogP contribution is -2.24. The summed E-state index contributed by atoms with van der Waals surface area (Å²) in [6, 6.07) is 23.0. The molecule has 1 N–H and O–H groups in total. The van der Waals surface area contributed by atoms with Crippen LogP contribution in [0.15, 0.2) is 95.7 Å². The van der Waals surface area contributed by atoms with Gasteiger partial charge in [0.2, 0.25) is 0 Å². The highest BCUT2D eigenvalue weighted by atomic mass is 16.5. The van der Waals surface area contributed by atoms with E-state index in [4.69, 9.17) is 14.2 Å². The van der Waals surface area contributed by atoms with E-state index in [-0.39, 0.29) is 29.6 Å². The molecule has 0 atom stereocenters. The zero-order valence-corrected chi connectivity index (χ0v) is 20.7. The molecular formula is C29H26N2O6. The van der Waals surface area contributed by atoms with Crippen molar-refractivity contribution >= 4 is 35.2 Å². The first kappa shape index (κ1) is 25.2. The molecule has 0 radical (unpaired) electrons. The van der Waals surface area contributed by atoms with Gasteiger partial charge in [-0.3, -0.25) is 14.5 Å². The number of hydrogen-bond acceptors (Lipinski definition) is 6. The van der Waals surface area contributed by atoms with Gasteiger partial charge >= 0.3 is 5.97 Å². The number of esters is 1. The summed E-state index contributed by atoms with van der Waals surface area (Å²) >= 11 is 0. The molecule has 3 aromatic rings. The standard InChI is InChI=1S/C29H26N2O6/c1-19-27(29(34)36-3)23(28(33)31(19)21-9-5-4-6-10-21)17-20-13-15-22(16-14-20)37-18-26(32)30-24-11-7-8-12-25(24)35-2/h4-17H,18H2,1-3H3,(H,30,32). The van der Waals surface area contributed by atoms with Crippen molar-refractivity contribution in [3.05, 3.63) is 101 Å². The van der Waals surface area contributed by atoms with Crippen LogP contribution in [0.1, 0.15) is 12.5 Å². The summed E-state index contributed by atoms with van der Waals surface area (Å²) in [5.41, 5.74) is 2.83. The third-order valence-corrected chi connectivity index (χ3v) is 5.75. The van der Waals surface area contributed by atoms with Crippen LogP contribution in [0.3, 0.4) is 0 Å². The van der Waals surface area contributed by atoms with Crippen LogP contribution in [0.25, 0.3) is 6.08 Å². The second-order valence-electron chi connectivity index (χ2n) is 8.09. The summed E-state index contributed by atoms with van der Waals surface area (Å²) in [6.45, 7) is 1.52. The van der Waals surface area contributed by atoms with Crippen LogP contribution < -0.4 is 19.7 Å². The summed E-state index contributed by atoms with van der Waals surface area (Å²) in [5, 5.41) is 2.75. The van der Waals surface area contributed by atoms with E-state index < -0.39 is 5.97 Å². The minimum Gasteiger partial charge on any atom is -0.495 e. The third kappa shape index (κ3) is 5.54. The van der Waals surface area contributed by atoms with Gasteiger partial charge in [-0.05, 0) is 55.0 Å². The van der Waals surface area contributed by atoms with Gasteiger partial charge in [0, 0.05) is 11.4 Å². The van der Waals surface area contributed by atoms with Gasteiger partial charge in [-0.2, -0.15) is 0 Å². The van der Waals surface area contributed by atoms with Crippen molar-refractivity contribution in [3.63, 3.8) is 0 Å². The maximum atomic E-state index is 13.3. The fraction of sp³-hybridized carbons (Fsp3) is 0.138. The lowest BCUT2D eigenvalue weighted by molar-refractivity contribution is -0.136. The van der Waals surface area contributed by atoms with Crippen molar-refractivity contribution in [1.82, 2.24) is 0 Å². The monoisotopic (exact) mass is 498 g/mol. The van der Waals surface area contributed by atoms with Gasteiger partial charge in [0.25, 0.3) is 11.8 Å². The minimum atomic E-state index is -0.587. The topological polar surface area (TPSA) is 94.2 Å². The molecule has 0 saturated heterocycles. The highest BCUT2D eigenvalue weighted by molar-refractivity contribution is 6.23. The summed E-state index contributed by atoms with van der Waals surface area (Å²) in [5.74, 6) is -0.220. The maximum absolute atomic E-state index is 13.3. The highest BCUT2D eigenvalue weighted by Crippen LogP contribution is 2.35. The van der Waals surface area contributed by atoms with Crippen molar-refractivity contribution in [3.8, 4) is 11.5 Å². The Balaban J connectivity index is 1.49. The SMILES string of the molecule is COC(=O)C1=C(C)N(c2ccccc2)C(=O)C1=Cc1ccc(OCC(=O)Nc2ccccc2OC)cc1. The van der Waals surface area contributed by atoms with Gasteiger partial charge in [0.05, 0.1) is 31.1 Å². The fourth-order valence-electron chi connectivity index (χ4n) is 3.98. The first-order valence-corrected chi connectivity index (χ1v) is 11.5. The number of hydrogen-bond donors (Lipinski definition) is 1. The summed E-state index contributed by atoms with van der Waals surface area (Å²) in [4.78, 5) is 39.7. The van der Waals surface area contributed by atoms with Crippen LogP contribution in [-0.4, -0.2) is 38.6 Å². The van der Waals surface area contributed by atoms with Gasteiger partial charge < -0.3 is 19.5 Å². The summed E-state index contributed by atoms with van der Waals surface area (Å²) in [6.07, 6.45) is 1.64. The molecule has 1 aliphatic heterocycles. The number of para-hydroxylation sites is 3. The Morgan fingerprint density at radius 1 is 0.919 bits per heavy atom. The average molecular weight is 499 g/mol. The Bertz CT molecular complexity index is 1380. The number of amides is 2. The largest absolute Gasteiger partial charge is 0.495 e. The van der Waals surface area contributed by atoms with Crippen LogP contribution >= 0.6 is 0 Å². The first-order valence-electron chi connectivity index (χ1n) is 11.5. The van der Waals surface area contributed by atoms with Crippen LogP contribution in [-0.2, 0) is 19.1 Å². The van der Waals surface area contributed by atoms with Gasteiger partial charge in [-0.15, -0.1) is 0 Å². The van der Waals surface area contributed by atoms with Crippen LogP contribution in [0.5, 0.6) is 11.5 Å². The van der Waals surface area contributed by atoms with Crippen molar-refractivity contribution in [2.45, 2.75) is 6.92 Å². The molecule has 0 aromatic heterocycles. The molecule has 0 saturated carbocycles. The van der Waals surface area contributed by atoms with E-state index >= 15 is 0 Å². The molecule has 37 heavy (non-hydrogen) atoms. The minimum absolute atomic E-state index is 0.197. The summed E-state index contributed by atoms with van der Waals surface area (Å²) in [7, 11) is 2.81. The van der Waals surface area contributed by atoms with E-state index in [2.05, 4.69) is 5.32 Å². The van der Waals surface area contributed by atoms with Crippen LogP contribution in [0.2, 0.25) is 0 Å². The number of rotatable bonds is 8. The number of nitrogens with one attached hydrogen (secondary N) is 1. The molecule has 0 spiro atoms. The Hall–Kier alpha value is -4.85. The van der Waals surface area contributed by atoms with Gasteiger partial charge in [0.15, 0.2) is 6.61 Å². The second kappa shape index (κ2) is 11.3. The molecule has 0 bridgehead atoms. The predicted molar refractivity (Wildman–Crippen MR) is 140 cm³/mol. The molecule has 0 unspecified atom stereocenters. The number of ether oxygens (including phenoxy) is 3. The van der Waals surface area contributed by atoms with Gasteiger partial charge in [0.1, 0.15) is 11.5 Å². The van der Waals surface area contributed by atoms with Gasteiger partial charge in [-0.1, -0.05) is 42.5 Å². The van der Waals surface area contributed by atoms with Crippen LogP contribution in [0, 0.1) is 0 Å². The van der Waals surface area contributed by atoms with E-state index in [0.29, 0.717) is 34.1 Å². The summed E-state index contributed by atoms with van der Waals surface area (Å²) < 4.78 is 15.8. The molecule has 2 amide bonds. The maximum Gasteiger partial charge on any atom is 0.340 e. The number of carbonyl (C=O) groups is 3. The molecule has 3 aromatic carbocycles. The lowest BCUT2D eigenvalue weighted by Gasteiger charge is -2.17. The lowest BCUT2D eigenvalue weighted by atomic mass is 10.0. The average Bonchev–Trinajstić information content (AvgIpc) is 3.17. The normalized spacial score (nSPS) is 14.1. The van der Waals surface area contributed by atoms with Crippen molar-refractivity contribution in [1.29, 1.82) is 0 Å². The van der Waals surface area contributed by atoms with E-state index in [1.54, 1.807) is 67.6 Å². The van der Waals surface area contributed by atoms with E-state index in [1.165, 1.54) is 19.1 Å². The van der Waals surface area contributed by atoms with E-state index in [1.807, 2.05) is 24.3 Å². The first-order chi connectivity index (χ1) is 17.9. The van der Waals surface area contributed by atoms with Gasteiger partial charge in [-0.25, -0.2) is 4.79 Å². The second-order valence-corrected chi connectivity index (χ2v) is 8.09. The number of allylic oxidation sites excluding steroid dienone is 1. The van der Waals surface area contributed by atoms with E-state index in [9.17, 15) is 14.4 Å². The van der Waals surface area contributed by atoms with Crippen molar-refractivity contribution in [2.24, 2.45) is 0 Å². The molecule has 8 heteroatoms. The molecule has 0 aliphatic carbocycles. The Labute approximate surface area is 214 Å². The van der Waals surface area contributed by atoms with E-state index in [0.717, 1.165) is 0 Å². The smallest absolute Gasteiger partial charge is 0.340 e. The Morgan fingerprint density at radius 2 is 1.59 bits per heavy atom. The third-order valence-electron chi connectivity index (χ3n) is 5.75. The number of carbonyl (C=O) groups excluding carboxylic acids is 3. The zero-order valence-electron chi connectivity index (χ0n) is 20.7. The number of nitrogens with zero attached hydrogens (tertiary/aromatic N) is 1. The van der Waals surface area contributed by atoms with Crippen molar-refractivity contribution in [2.75, 3.05) is 31.0 Å². The highest BCUT2D eigenvalue weighted by Gasteiger charge is 2.37. The molecule has 8 nitrogen and oxygen atoms in total. The Kier molecular flexibility index (Phi) is 7.68. The quantitative estimate of drug-likeness (QED) is 0.361. The predicted octanol–water partition coefficient (Wildman–Crippen LogP) is 4.59. The van der Waals surface area contributed by atoms with Crippen molar-refractivity contribution < 1.29 is 28.6 Å². The Morgan fingerprint density at radius 3 is 2.27 bits per heavy atom. The number of methoxy groups -OCH3 is 2. The molecule has 4 rings (SSSR count). The molecule has 188 valence electrons. The number of benzene rings is 3. The number of anilines is 2. The zero-order chi connectivity index (χ0) is 26.4. The fourth-order valence-corrected chi connectivity index (χ4v) is 3.98. The molecular weight excluding hydrogens is 472 g/mol.